The summed E-state index contributed by atoms with van der Waals surface area (Å²) in [6.45, 7) is 0. The van der Waals surface area contributed by atoms with Gasteiger partial charge in [0.15, 0.2) is 0 Å². The Balaban J connectivity index is 2.87. The molecule has 0 amide bonds. The van der Waals surface area contributed by atoms with Crippen LogP contribution in [0.25, 0.3) is 0 Å². The standard InChI is InChI=1S/C8H5FN/c9-8-3-1-2-7(6-8)4-5-10/h1-4,6H. The van der Waals surface area contributed by atoms with E-state index in [1.807, 2.05) is 6.07 Å². The third-order valence-electron chi connectivity index (χ3n) is 1.08. The summed E-state index contributed by atoms with van der Waals surface area (Å²) in [5, 5.41) is 8.18. The summed E-state index contributed by atoms with van der Waals surface area (Å²) < 4.78 is 12.4. The van der Waals surface area contributed by atoms with Gasteiger partial charge in [0, 0.05) is 0 Å². The zero-order valence-corrected chi connectivity index (χ0v) is 5.21. The van der Waals surface area contributed by atoms with E-state index in [9.17, 15) is 4.39 Å². The number of hydrogen-bond acceptors (Lipinski definition) is 1. The Hall–Kier alpha value is -1.36. The first-order valence-corrected chi connectivity index (χ1v) is 2.81. The first kappa shape index (κ1) is 6.76. The predicted molar refractivity (Wildman–Crippen MR) is 35.4 cm³/mol. The number of nitriles is 1. The van der Waals surface area contributed by atoms with E-state index < -0.39 is 0 Å². The Labute approximate surface area is 58.7 Å². The molecule has 1 nitrogen and oxygen atoms in total. The number of hydrogen-bond donors (Lipinski definition) is 0. The molecule has 49 valence electrons. The smallest absolute Gasteiger partial charge is 0.123 e. The fraction of sp³-hybridized carbons (Fsp3) is 0. The average molecular weight is 134 g/mol. The summed E-state index contributed by atoms with van der Waals surface area (Å²) >= 11 is 0. The highest BCUT2D eigenvalue weighted by atomic mass is 19.1. The summed E-state index contributed by atoms with van der Waals surface area (Å²) in [6.07, 6.45) is 1.29. The monoisotopic (exact) mass is 134 g/mol. The predicted octanol–water partition coefficient (Wildman–Crippen LogP) is 1.90. The molecule has 2 heteroatoms. The molecule has 10 heavy (non-hydrogen) atoms. The minimum absolute atomic E-state index is 0.316. The van der Waals surface area contributed by atoms with Crippen LogP contribution >= 0.6 is 0 Å². The van der Waals surface area contributed by atoms with Crippen LogP contribution < -0.4 is 0 Å². The van der Waals surface area contributed by atoms with Crippen LogP contribution in [0.15, 0.2) is 24.3 Å². The molecular formula is C8H5FN. The maximum Gasteiger partial charge on any atom is 0.123 e. The van der Waals surface area contributed by atoms with Crippen molar-refractivity contribution in [1.29, 1.82) is 5.26 Å². The molecule has 0 spiro atoms. The lowest BCUT2D eigenvalue weighted by Crippen LogP contribution is -1.79. The van der Waals surface area contributed by atoms with Gasteiger partial charge in [-0.25, -0.2) is 4.39 Å². The highest BCUT2D eigenvalue weighted by Gasteiger charge is 1.92. The minimum Gasteiger partial charge on any atom is -0.207 e. The maximum absolute atomic E-state index is 12.4. The highest BCUT2D eigenvalue weighted by molar-refractivity contribution is 5.29. The van der Waals surface area contributed by atoms with E-state index in [-0.39, 0.29) is 5.82 Å². The van der Waals surface area contributed by atoms with Crippen molar-refractivity contribution in [3.05, 3.63) is 42.1 Å². The van der Waals surface area contributed by atoms with Gasteiger partial charge >= 0.3 is 0 Å². The van der Waals surface area contributed by atoms with Crippen LogP contribution in [0.2, 0.25) is 0 Å². The van der Waals surface area contributed by atoms with Crippen LogP contribution in [-0.2, 0) is 0 Å². The van der Waals surface area contributed by atoms with Gasteiger partial charge < -0.3 is 0 Å². The molecule has 0 heterocycles. The van der Waals surface area contributed by atoms with Crippen LogP contribution in [-0.4, -0.2) is 0 Å². The van der Waals surface area contributed by atoms with Crippen molar-refractivity contribution in [2.75, 3.05) is 0 Å². The molecule has 0 atom stereocenters. The Morgan fingerprint density at radius 3 is 2.90 bits per heavy atom. The molecule has 1 rings (SSSR count). The lowest BCUT2D eigenvalue weighted by molar-refractivity contribution is 0.627. The molecule has 0 N–H and O–H groups in total. The van der Waals surface area contributed by atoms with Crippen molar-refractivity contribution in [3.63, 3.8) is 0 Å². The molecule has 0 saturated carbocycles. The third-order valence-corrected chi connectivity index (χ3v) is 1.08. The number of halogens is 1. The summed E-state index contributed by atoms with van der Waals surface area (Å²) in [6, 6.07) is 7.71. The minimum atomic E-state index is -0.316. The Kier molecular flexibility index (Phi) is 2.01. The van der Waals surface area contributed by atoms with Gasteiger partial charge in [0.05, 0.1) is 12.5 Å². The molecule has 0 saturated heterocycles. The van der Waals surface area contributed by atoms with Crippen LogP contribution in [0.5, 0.6) is 0 Å². The lowest BCUT2D eigenvalue weighted by Gasteiger charge is -1.90. The molecule has 1 radical (unpaired) electrons. The third kappa shape index (κ3) is 1.56. The van der Waals surface area contributed by atoms with Crippen LogP contribution in [0, 0.1) is 23.6 Å². The first-order valence-electron chi connectivity index (χ1n) is 2.81. The van der Waals surface area contributed by atoms with Crippen molar-refractivity contribution in [3.8, 4) is 6.07 Å². The second kappa shape index (κ2) is 2.98. The molecule has 0 aliphatic heterocycles. The molecule has 1 aromatic carbocycles. The summed E-state index contributed by atoms with van der Waals surface area (Å²) in [5.41, 5.74) is 0.600. The zero-order chi connectivity index (χ0) is 7.40. The Morgan fingerprint density at radius 1 is 1.50 bits per heavy atom. The quantitative estimate of drug-likeness (QED) is 0.575. The SMILES string of the molecule is N#C[CH]c1cccc(F)c1. The van der Waals surface area contributed by atoms with Gasteiger partial charge in [-0.3, -0.25) is 0 Å². The van der Waals surface area contributed by atoms with Gasteiger partial charge in [0.2, 0.25) is 0 Å². The number of benzene rings is 1. The molecule has 0 aliphatic carbocycles. The van der Waals surface area contributed by atoms with Gasteiger partial charge in [0.1, 0.15) is 5.82 Å². The van der Waals surface area contributed by atoms with Crippen molar-refractivity contribution >= 4 is 0 Å². The largest absolute Gasteiger partial charge is 0.207 e. The maximum atomic E-state index is 12.4. The van der Waals surface area contributed by atoms with Gasteiger partial charge in [-0.15, -0.1) is 0 Å². The van der Waals surface area contributed by atoms with Crippen molar-refractivity contribution in [2.24, 2.45) is 0 Å². The van der Waals surface area contributed by atoms with E-state index in [2.05, 4.69) is 0 Å². The van der Waals surface area contributed by atoms with Gasteiger partial charge in [-0.1, -0.05) is 12.1 Å². The number of nitrogens with zero attached hydrogens (tertiary/aromatic N) is 1. The van der Waals surface area contributed by atoms with Crippen molar-refractivity contribution < 1.29 is 4.39 Å². The van der Waals surface area contributed by atoms with Gasteiger partial charge in [-0.05, 0) is 17.7 Å². The Morgan fingerprint density at radius 2 is 2.30 bits per heavy atom. The molecule has 0 fully saturated rings. The highest BCUT2D eigenvalue weighted by Crippen LogP contribution is 2.04. The van der Waals surface area contributed by atoms with E-state index in [1.54, 1.807) is 12.1 Å². The summed E-state index contributed by atoms with van der Waals surface area (Å²) in [4.78, 5) is 0. The molecule has 0 aromatic heterocycles. The van der Waals surface area contributed by atoms with E-state index in [0.717, 1.165) is 0 Å². The molecule has 0 bridgehead atoms. The Bertz CT molecular complexity index is 262. The van der Waals surface area contributed by atoms with Crippen molar-refractivity contribution in [1.82, 2.24) is 0 Å². The van der Waals surface area contributed by atoms with Gasteiger partial charge in [0.25, 0.3) is 0 Å². The second-order valence-corrected chi connectivity index (χ2v) is 1.83. The topological polar surface area (TPSA) is 23.8 Å². The summed E-state index contributed by atoms with van der Waals surface area (Å²) in [5.74, 6) is -0.316. The fourth-order valence-corrected chi connectivity index (χ4v) is 0.671. The van der Waals surface area contributed by atoms with Crippen molar-refractivity contribution in [2.45, 2.75) is 0 Å². The zero-order valence-electron chi connectivity index (χ0n) is 5.21. The first-order chi connectivity index (χ1) is 4.83. The van der Waals surface area contributed by atoms with E-state index in [1.165, 1.54) is 18.6 Å². The van der Waals surface area contributed by atoms with Crippen LogP contribution in [0.4, 0.5) is 4.39 Å². The van der Waals surface area contributed by atoms with Crippen LogP contribution in [0.3, 0.4) is 0 Å². The molecule has 0 unspecified atom stereocenters. The molecule has 0 aliphatic rings. The van der Waals surface area contributed by atoms with E-state index >= 15 is 0 Å². The van der Waals surface area contributed by atoms with E-state index in [0.29, 0.717) is 5.56 Å². The second-order valence-electron chi connectivity index (χ2n) is 1.83. The summed E-state index contributed by atoms with van der Waals surface area (Å²) in [7, 11) is 0. The van der Waals surface area contributed by atoms with Crippen LogP contribution in [0.1, 0.15) is 5.56 Å². The number of rotatable bonds is 1. The average Bonchev–Trinajstić information content (AvgIpc) is 1.88. The van der Waals surface area contributed by atoms with E-state index in [4.69, 9.17) is 5.26 Å². The lowest BCUT2D eigenvalue weighted by atomic mass is 10.2. The van der Waals surface area contributed by atoms with Gasteiger partial charge in [-0.2, -0.15) is 5.26 Å². The fourth-order valence-electron chi connectivity index (χ4n) is 0.671. The molecular weight excluding hydrogens is 129 g/mol. The molecule has 1 aromatic rings. The normalized spacial score (nSPS) is 8.80.